The number of aromatic nitrogens is 2. The van der Waals surface area contributed by atoms with Crippen molar-refractivity contribution in [1.29, 1.82) is 0 Å². The predicted molar refractivity (Wildman–Crippen MR) is 137 cm³/mol. The number of likely N-dealkylation sites (N-methyl/N-ethyl adjacent to an activating group) is 1. The Morgan fingerprint density at radius 2 is 1.97 bits per heavy atom. The molecule has 0 bridgehead atoms. The van der Waals surface area contributed by atoms with Crippen LogP contribution in [0.4, 0.5) is 0 Å². The van der Waals surface area contributed by atoms with Crippen molar-refractivity contribution in [3.8, 4) is 11.1 Å². The van der Waals surface area contributed by atoms with Crippen molar-refractivity contribution in [2.24, 2.45) is 0 Å². The number of carbonyl (C=O) groups excluding carboxylic acids is 2. The van der Waals surface area contributed by atoms with Gasteiger partial charge in [0.05, 0.1) is 24.8 Å². The first-order chi connectivity index (χ1) is 16.4. The molecule has 0 saturated carbocycles. The fraction of sp³-hybridized carbons (Fsp3) is 0.280. The summed E-state index contributed by atoms with van der Waals surface area (Å²) in [5, 5.41) is 7.23. The molecule has 0 radical (unpaired) electrons. The Labute approximate surface area is 205 Å². The monoisotopic (exact) mass is 494 g/mol. The lowest BCUT2D eigenvalue weighted by Crippen LogP contribution is -2.42. The zero-order valence-electron chi connectivity index (χ0n) is 19.3. The van der Waals surface area contributed by atoms with Crippen LogP contribution in [0.25, 0.3) is 21.3 Å². The third-order valence-electron chi connectivity index (χ3n) is 5.79. The standard InChI is InChI=1S/C25H26N4O3S2/c1-4-28(12-21(30)26-11-19-6-5-9-33-19)22(31)13-29-15-27-24-23(25(29)32)20(14-34-24)18-8-7-16(2)17(3)10-18/h5-10,14-15H,4,11-13H2,1-3H3,(H,26,30). The maximum atomic E-state index is 13.3. The second-order valence-electron chi connectivity index (χ2n) is 8.07. The molecule has 9 heteroatoms. The number of amides is 2. The summed E-state index contributed by atoms with van der Waals surface area (Å²) in [5.41, 5.74) is 3.85. The molecule has 4 rings (SSSR count). The summed E-state index contributed by atoms with van der Waals surface area (Å²) in [5.74, 6) is -0.542. The maximum absolute atomic E-state index is 13.3. The van der Waals surface area contributed by atoms with E-state index in [1.807, 2.05) is 55.8 Å². The van der Waals surface area contributed by atoms with Gasteiger partial charge in [-0.25, -0.2) is 4.98 Å². The van der Waals surface area contributed by atoms with Gasteiger partial charge in [0, 0.05) is 22.4 Å². The first kappa shape index (κ1) is 23.8. The van der Waals surface area contributed by atoms with Gasteiger partial charge in [0.2, 0.25) is 11.8 Å². The highest BCUT2D eigenvalue weighted by Gasteiger charge is 2.19. The molecule has 0 unspecified atom stereocenters. The van der Waals surface area contributed by atoms with Crippen LogP contribution in [-0.4, -0.2) is 39.4 Å². The van der Waals surface area contributed by atoms with E-state index >= 15 is 0 Å². The van der Waals surface area contributed by atoms with E-state index in [2.05, 4.69) is 16.4 Å². The number of carbonyl (C=O) groups is 2. The van der Waals surface area contributed by atoms with Gasteiger partial charge in [0.25, 0.3) is 5.56 Å². The Kier molecular flexibility index (Phi) is 7.23. The topological polar surface area (TPSA) is 84.3 Å². The van der Waals surface area contributed by atoms with Crippen LogP contribution >= 0.6 is 22.7 Å². The third kappa shape index (κ3) is 5.10. The van der Waals surface area contributed by atoms with Gasteiger partial charge in [-0.05, 0) is 48.9 Å². The molecule has 7 nitrogen and oxygen atoms in total. The van der Waals surface area contributed by atoms with Crippen molar-refractivity contribution < 1.29 is 9.59 Å². The summed E-state index contributed by atoms with van der Waals surface area (Å²) in [6.07, 6.45) is 1.41. The van der Waals surface area contributed by atoms with Crippen LogP contribution in [0, 0.1) is 13.8 Å². The van der Waals surface area contributed by atoms with Gasteiger partial charge >= 0.3 is 0 Å². The average Bonchev–Trinajstić information content (AvgIpc) is 3.50. The first-order valence-corrected chi connectivity index (χ1v) is 12.7. The number of nitrogens with one attached hydrogen (secondary N) is 1. The van der Waals surface area contributed by atoms with Crippen molar-refractivity contribution in [2.45, 2.75) is 33.9 Å². The van der Waals surface area contributed by atoms with Crippen molar-refractivity contribution in [1.82, 2.24) is 19.8 Å². The number of hydrogen-bond acceptors (Lipinski definition) is 6. The Morgan fingerprint density at radius 3 is 2.68 bits per heavy atom. The molecular formula is C25H26N4O3S2. The zero-order valence-corrected chi connectivity index (χ0v) is 21.0. The van der Waals surface area contributed by atoms with E-state index in [0.717, 1.165) is 21.6 Å². The first-order valence-electron chi connectivity index (χ1n) is 11.0. The van der Waals surface area contributed by atoms with Crippen LogP contribution in [-0.2, 0) is 22.7 Å². The number of rotatable bonds is 8. The van der Waals surface area contributed by atoms with Crippen molar-refractivity contribution in [3.05, 3.63) is 73.8 Å². The molecular weight excluding hydrogens is 468 g/mol. The molecule has 2 amide bonds. The third-order valence-corrected chi connectivity index (χ3v) is 7.56. The normalized spacial score (nSPS) is 11.0. The van der Waals surface area contributed by atoms with Gasteiger partial charge < -0.3 is 10.2 Å². The van der Waals surface area contributed by atoms with Crippen LogP contribution in [0.2, 0.25) is 0 Å². The van der Waals surface area contributed by atoms with Gasteiger partial charge in [0.15, 0.2) is 0 Å². The summed E-state index contributed by atoms with van der Waals surface area (Å²) in [7, 11) is 0. The lowest BCUT2D eigenvalue weighted by Gasteiger charge is -2.20. The summed E-state index contributed by atoms with van der Waals surface area (Å²) in [6, 6.07) is 9.97. The lowest BCUT2D eigenvalue weighted by molar-refractivity contribution is -0.136. The highest BCUT2D eigenvalue weighted by molar-refractivity contribution is 7.17. The van der Waals surface area contributed by atoms with Crippen LogP contribution in [0.5, 0.6) is 0 Å². The highest BCUT2D eigenvalue weighted by Crippen LogP contribution is 2.31. The quantitative estimate of drug-likeness (QED) is 0.402. The minimum Gasteiger partial charge on any atom is -0.350 e. The number of hydrogen-bond donors (Lipinski definition) is 1. The molecule has 34 heavy (non-hydrogen) atoms. The molecule has 0 fully saturated rings. The molecule has 0 aliphatic carbocycles. The smallest absolute Gasteiger partial charge is 0.263 e. The van der Waals surface area contributed by atoms with E-state index in [4.69, 9.17) is 0 Å². The van der Waals surface area contributed by atoms with E-state index < -0.39 is 0 Å². The van der Waals surface area contributed by atoms with Gasteiger partial charge in [-0.3, -0.25) is 19.0 Å². The van der Waals surface area contributed by atoms with Crippen LogP contribution in [0.1, 0.15) is 22.9 Å². The number of nitrogens with zero attached hydrogens (tertiary/aromatic N) is 3. The number of aryl methyl sites for hydroxylation is 2. The highest BCUT2D eigenvalue weighted by atomic mass is 32.1. The summed E-state index contributed by atoms with van der Waals surface area (Å²) in [4.78, 5) is 46.1. The van der Waals surface area contributed by atoms with E-state index in [-0.39, 0.29) is 30.5 Å². The number of thiophene rings is 2. The zero-order chi connectivity index (χ0) is 24.2. The van der Waals surface area contributed by atoms with Crippen LogP contribution < -0.4 is 10.9 Å². The Balaban J connectivity index is 1.52. The fourth-order valence-corrected chi connectivity index (χ4v) is 5.20. The molecule has 0 spiro atoms. The predicted octanol–water partition coefficient (Wildman–Crippen LogP) is 3.97. The van der Waals surface area contributed by atoms with Gasteiger partial charge in [0.1, 0.15) is 11.4 Å². The maximum Gasteiger partial charge on any atom is 0.263 e. The van der Waals surface area contributed by atoms with Crippen LogP contribution in [0.15, 0.2) is 52.2 Å². The second kappa shape index (κ2) is 10.3. The molecule has 4 aromatic rings. The lowest BCUT2D eigenvalue weighted by atomic mass is 10.0. The van der Waals surface area contributed by atoms with Crippen molar-refractivity contribution in [3.63, 3.8) is 0 Å². The molecule has 176 valence electrons. The number of benzene rings is 1. The molecule has 3 aromatic heterocycles. The second-order valence-corrected chi connectivity index (χ2v) is 9.96. The van der Waals surface area contributed by atoms with Crippen LogP contribution in [0.3, 0.4) is 0 Å². The Hall–Kier alpha value is -3.30. The molecule has 0 aliphatic rings. The van der Waals surface area contributed by atoms with E-state index in [1.165, 1.54) is 32.7 Å². The SMILES string of the molecule is CCN(CC(=O)NCc1cccs1)C(=O)Cn1cnc2scc(-c3ccc(C)c(C)c3)c2c1=O. The molecule has 0 saturated heterocycles. The summed E-state index contributed by atoms with van der Waals surface area (Å²) < 4.78 is 1.33. The summed E-state index contributed by atoms with van der Waals surface area (Å²) >= 11 is 2.97. The Morgan fingerprint density at radius 1 is 1.15 bits per heavy atom. The molecule has 0 atom stereocenters. The minimum absolute atomic E-state index is 0.0581. The molecule has 1 aromatic carbocycles. The van der Waals surface area contributed by atoms with Crippen molar-refractivity contribution in [2.75, 3.05) is 13.1 Å². The molecule has 1 N–H and O–H groups in total. The minimum atomic E-state index is -0.306. The van der Waals surface area contributed by atoms with Gasteiger partial charge in [-0.1, -0.05) is 24.3 Å². The van der Waals surface area contributed by atoms with E-state index in [9.17, 15) is 14.4 Å². The van der Waals surface area contributed by atoms with Crippen molar-refractivity contribution >= 4 is 44.7 Å². The van der Waals surface area contributed by atoms with E-state index in [0.29, 0.717) is 23.3 Å². The largest absolute Gasteiger partial charge is 0.350 e. The van der Waals surface area contributed by atoms with Gasteiger partial charge in [-0.2, -0.15) is 0 Å². The molecule has 3 heterocycles. The summed E-state index contributed by atoms with van der Waals surface area (Å²) in [6.45, 7) is 6.47. The molecule has 0 aliphatic heterocycles. The fourth-order valence-electron chi connectivity index (χ4n) is 3.65. The van der Waals surface area contributed by atoms with Gasteiger partial charge in [-0.15, -0.1) is 22.7 Å². The number of fused-ring (bicyclic) bond motifs is 1. The van der Waals surface area contributed by atoms with E-state index in [1.54, 1.807) is 11.3 Å². The average molecular weight is 495 g/mol. The Bertz CT molecular complexity index is 1390.